The fourth-order valence-corrected chi connectivity index (χ4v) is 6.29. The number of carbonyl (C=O) groups is 2. The molecule has 6 nitrogen and oxygen atoms in total. The number of aromatic hydroxyl groups is 1. The Labute approximate surface area is 213 Å². The number of imide groups is 1. The number of allylic oxidation sites excluding steroid dienone is 2. The van der Waals surface area contributed by atoms with Crippen molar-refractivity contribution in [1.82, 2.24) is 9.88 Å². The van der Waals surface area contributed by atoms with E-state index < -0.39 is 0 Å². The average Bonchev–Trinajstić information content (AvgIpc) is 3.38. The number of phenols is 1. The lowest BCUT2D eigenvalue weighted by atomic mass is 9.69. The number of nitrogens with zero attached hydrogens (tertiary/aromatic N) is 2. The molecule has 0 saturated carbocycles. The molecule has 1 N–H and O–H groups in total. The van der Waals surface area contributed by atoms with Gasteiger partial charge in [-0.05, 0) is 73.2 Å². The molecule has 7 heteroatoms. The molecule has 1 aromatic heterocycles. The highest BCUT2D eigenvalue weighted by atomic mass is 79.9. The first-order valence-electron chi connectivity index (χ1n) is 12.1. The Morgan fingerprint density at radius 1 is 1.23 bits per heavy atom. The number of fused-ring (bicyclic) bond motifs is 3. The van der Waals surface area contributed by atoms with Crippen molar-refractivity contribution in [2.45, 2.75) is 38.7 Å². The van der Waals surface area contributed by atoms with E-state index in [2.05, 4.69) is 27.8 Å². The second kappa shape index (κ2) is 9.70. The molecule has 0 bridgehead atoms. The van der Waals surface area contributed by atoms with E-state index in [0.29, 0.717) is 19.4 Å². The molecule has 1 aromatic carbocycles. The predicted molar refractivity (Wildman–Crippen MR) is 137 cm³/mol. The summed E-state index contributed by atoms with van der Waals surface area (Å²) in [6, 6.07) is 11.2. The largest absolute Gasteiger partial charge is 0.507 e. The zero-order chi connectivity index (χ0) is 24.7. The first kappa shape index (κ1) is 23.9. The van der Waals surface area contributed by atoms with Crippen molar-refractivity contribution in [3.63, 3.8) is 0 Å². The summed E-state index contributed by atoms with van der Waals surface area (Å²) in [5, 5.41) is 10.4. The van der Waals surface area contributed by atoms with E-state index in [-0.39, 0.29) is 41.4 Å². The fraction of sp³-hybridized carbons (Fsp3) is 0.393. The number of likely N-dealkylation sites (tertiary alicyclic amines) is 1. The highest BCUT2D eigenvalue weighted by Crippen LogP contribution is 2.50. The van der Waals surface area contributed by atoms with Crippen molar-refractivity contribution in [3.05, 3.63) is 69.5 Å². The van der Waals surface area contributed by atoms with Crippen LogP contribution in [0.2, 0.25) is 0 Å². The summed E-state index contributed by atoms with van der Waals surface area (Å²) >= 11 is 3.49. The van der Waals surface area contributed by atoms with E-state index in [0.717, 1.165) is 34.1 Å². The van der Waals surface area contributed by atoms with E-state index >= 15 is 0 Å². The van der Waals surface area contributed by atoms with Gasteiger partial charge in [-0.1, -0.05) is 34.5 Å². The third-order valence-corrected chi connectivity index (χ3v) is 8.14. The predicted octanol–water partition coefficient (Wildman–Crippen LogP) is 5.23. The maximum atomic E-state index is 12.9. The molecule has 2 aliphatic heterocycles. The molecule has 0 spiro atoms. The number of carbonyl (C=O) groups excluding carboxylic acids is 2. The third kappa shape index (κ3) is 4.36. The van der Waals surface area contributed by atoms with Crippen LogP contribution in [0.5, 0.6) is 5.75 Å². The molecule has 3 aliphatic rings. The molecule has 2 aromatic rings. The third-order valence-electron chi connectivity index (χ3n) is 7.64. The Balaban J connectivity index is 1.43. The summed E-state index contributed by atoms with van der Waals surface area (Å²) < 4.78 is 7.18. The van der Waals surface area contributed by atoms with Crippen LogP contribution in [0.1, 0.15) is 43.9 Å². The van der Waals surface area contributed by atoms with Crippen LogP contribution in [0, 0.1) is 17.8 Å². The van der Waals surface area contributed by atoms with Gasteiger partial charge in [0, 0.05) is 29.2 Å². The number of aromatic nitrogens is 1. The van der Waals surface area contributed by atoms with Gasteiger partial charge in [0.2, 0.25) is 11.8 Å². The molecular formula is C28H29BrN2O4. The zero-order valence-electron chi connectivity index (χ0n) is 19.9. The molecule has 5 rings (SSSR count). The Morgan fingerprint density at radius 3 is 2.80 bits per heavy atom. The smallest absolute Gasteiger partial charge is 0.233 e. The number of hydrogen-bond donors (Lipinski definition) is 1. The number of rotatable bonds is 6. The topological polar surface area (TPSA) is 79.7 Å². The van der Waals surface area contributed by atoms with Gasteiger partial charge < -0.3 is 9.84 Å². The number of ether oxygens (including phenoxy) is 1. The van der Waals surface area contributed by atoms with Crippen molar-refractivity contribution >= 4 is 39.4 Å². The molecule has 1 aliphatic carbocycles. The second-order valence-corrected chi connectivity index (χ2v) is 10.5. The Hall–Kier alpha value is -2.77. The van der Waals surface area contributed by atoms with Crippen LogP contribution in [0.15, 0.2) is 58.2 Å². The van der Waals surface area contributed by atoms with Crippen LogP contribution >= 0.6 is 15.9 Å². The lowest BCUT2D eigenvalue weighted by molar-refractivity contribution is -0.138. The first-order valence-corrected chi connectivity index (χ1v) is 12.9. The number of amides is 2. The summed E-state index contributed by atoms with van der Waals surface area (Å²) in [5.41, 5.74) is 5.08. The summed E-state index contributed by atoms with van der Waals surface area (Å²) in [4.78, 5) is 31.4. The van der Waals surface area contributed by atoms with Crippen LogP contribution in [0.3, 0.4) is 0 Å². The Bertz CT molecular complexity index is 1220. The quantitative estimate of drug-likeness (QED) is 0.404. The maximum Gasteiger partial charge on any atom is 0.233 e. The molecule has 0 radical (unpaired) electrons. The standard InChI is InChI=1S/C28H29BrN2O4/c1-3-16-14-20-26(28(34)31(2)27(20)33)21-15-35-24(25(16)21)10-7-17(22-6-4-5-11-30-22)12-18-13-19(29)8-9-23(18)32/h4-6,8-9,11-13,20-21,24,26,32H,3,7,10,14-15H2,1-2H3/b17-12-/t20-,21+,24-,26-/m1/s1. The van der Waals surface area contributed by atoms with Crippen LogP contribution in [-0.2, 0) is 14.3 Å². The lowest BCUT2D eigenvalue weighted by Crippen LogP contribution is -2.33. The Morgan fingerprint density at radius 2 is 2.06 bits per heavy atom. The SMILES string of the molecule is CCC1=C2[C@@H](CC/C(=C/c3cc(Br)ccc3O)c3ccccn3)OC[C@@H]2[C@@H]2C(=O)N(C)C(=O)[C@@H]2C1. The molecule has 2 fully saturated rings. The summed E-state index contributed by atoms with van der Waals surface area (Å²) in [6.07, 6.45) is 6.60. The summed E-state index contributed by atoms with van der Waals surface area (Å²) in [5.74, 6) is -0.480. The minimum absolute atomic E-state index is 0.0218. The first-order chi connectivity index (χ1) is 16.9. The van der Waals surface area contributed by atoms with Gasteiger partial charge in [0.05, 0.1) is 30.2 Å². The van der Waals surface area contributed by atoms with Crippen LogP contribution in [0.4, 0.5) is 0 Å². The molecule has 35 heavy (non-hydrogen) atoms. The second-order valence-electron chi connectivity index (χ2n) is 9.54. The van der Waals surface area contributed by atoms with Gasteiger partial charge in [-0.15, -0.1) is 0 Å². The van der Waals surface area contributed by atoms with E-state index in [1.807, 2.05) is 30.3 Å². The molecule has 2 amide bonds. The summed E-state index contributed by atoms with van der Waals surface area (Å²) in [7, 11) is 1.60. The van der Waals surface area contributed by atoms with Crippen molar-refractivity contribution in [2.75, 3.05) is 13.7 Å². The van der Waals surface area contributed by atoms with Crippen LogP contribution < -0.4 is 0 Å². The Kier molecular flexibility index (Phi) is 6.64. The molecule has 0 unspecified atom stereocenters. The van der Waals surface area contributed by atoms with Crippen molar-refractivity contribution in [3.8, 4) is 5.75 Å². The van der Waals surface area contributed by atoms with Gasteiger partial charge in [0.25, 0.3) is 0 Å². The molecule has 4 atom stereocenters. The van der Waals surface area contributed by atoms with E-state index in [9.17, 15) is 14.7 Å². The van der Waals surface area contributed by atoms with Gasteiger partial charge >= 0.3 is 0 Å². The van der Waals surface area contributed by atoms with Crippen LogP contribution in [-0.4, -0.2) is 46.6 Å². The molecular weight excluding hydrogens is 508 g/mol. The van der Waals surface area contributed by atoms with Gasteiger partial charge in [-0.3, -0.25) is 19.5 Å². The monoisotopic (exact) mass is 536 g/mol. The number of phenolic OH excluding ortho intramolecular Hbond substituents is 1. The van der Waals surface area contributed by atoms with Gasteiger partial charge in [-0.25, -0.2) is 0 Å². The maximum absolute atomic E-state index is 12.9. The highest BCUT2D eigenvalue weighted by Gasteiger charge is 2.55. The number of halogens is 1. The van der Waals surface area contributed by atoms with Crippen LogP contribution in [0.25, 0.3) is 11.6 Å². The average molecular weight is 537 g/mol. The van der Waals surface area contributed by atoms with Gasteiger partial charge in [0.15, 0.2) is 0 Å². The van der Waals surface area contributed by atoms with Gasteiger partial charge in [-0.2, -0.15) is 0 Å². The van der Waals surface area contributed by atoms with E-state index in [4.69, 9.17) is 4.74 Å². The minimum atomic E-state index is -0.299. The normalized spacial score (nSPS) is 26.4. The highest BCUT2D eigenvalue weighted by molar-refractivity contribution is 9.10. The number of hydrogen-bond acceptors (Lipinski definition) is 5. The van der Waals surface area contributed by atoms with E-state index in [1.165, 1.54) is 16.0 Å². The number of pyridine rings is 1. The molecule has 2 saturated heterocycles. The van der Waals surface area contributed by atoms with E-state index in [1.54, 1.807) is 25.4 Å². The molecule has 3 heterocycles. The summed E-state index contributed by atoms with van der Waals surface area (Å²) in [6.45, 7) is 2.60. The van der Waals surface area contributed by atoms with Crippen molar-refractivity contribution in [1.29, 1.82) is 0 Å². The van der Waals surface area contributed by atoms with Crippen molar-refractivity contribution in [2.24, 2.45) is 17.8 Å². The lowest BCUT2D eigenvalue weighted by Gasteiger charge is -2.31. The van der Waals surface area contributed by atoms with Crippen molar-refractivity contribution < 1.29 is 19.4 Å². The zero-order valence-corrected chi connectivity index (χ0v) is 21.5. The molecule has 182 valence electrons. The van der Waals surface area contributed by atoms with Gasteiger partial charge in [0.1, 0.15) is 5.75 Å². The fourth-order valence-electron chi connectivity index (χ4n) is 5.91. The number of benzene rings is 1. The minimum Gasteiger partial charge on any atom is -0.507 e.